The van der Waals surface area contributed by atoms with E-state index in [1.165, 1.54) is 30.5 Å². The number of carbonyl (C=O) groups is 1. The standard InChI is InChI=1S/C13H10ClN3O3/c1-8-2-3-10(12(6-8)17(19)20)16-13(18)11-7-9(14)4-5-15-11/h2-7H,1H3,(H,16,18). The van der Waals surface area contributed by atoms with Gasteiger partial charge in [-0.15, -0.1) is 0 Å². The van der Waals surface area contributed by atoms with Crippen LogP contribution in [0.25, 0.3) is 0 Å². The quantitative estimate of drug-likeness (QED) is 0.695. The minimum Gasteiger partial charge on any atom is -0.315 e. The van der Waals surface area contributed by atoms with Crippen LogP contribution in [0.5, 0.6) is 0 Å². The minimum absolute atomic E-state index is 0.0902. The van der Waals surface area contributed by atoms with E-state index in [9.17, 15) is 14.9 Å². The average Bonchev–Trinajstić information content (AvgIpc) is 2.40. The van der Waals surface area contributed by atoms with Crippen LogP contribution in [-0.4, -0.2) is 15.8 Å². The van der Waals surface area contributed by atoms with Gasteiger partial charge in [0, 0.05) is 17.3 Å². The number of aryl methyl sites for hydroxylation is 1. The number of pyridine rings is 1. The van der Waals surface area contributed by atoms with Gasteiger partial charge < -0.3 is 5.32 Å². The molecule has 0 saturated carbocycles. The summed E-state index contributed by atoms with van der Waals surface area (Å²) in [6, 6.07) is 7.47. The van der Waals surface area contributed by atoms with Crippen LogP contribution in [0.4, 0.5) is 11.4 Å². The third-order valence-corrected chi connectivity index (χ3v) is 2.79. The number of hydrogen-bond acceptors (Lipinski definition) is 4. The van der Waals surface area contributed by atoms with Crippen molar-refractivity contribution in [3.05, 3.63) is 62.9 Å². The molecule has 0 atom stereocenters. The van der Waals surface area contributed by atoms with Crippen LogP contribution in [0.2, 0.25) is 5.02 Å². The molecule has 7 heteroatoms. The van der Waals surface area contributed by atoms with Gasteiger partial charge in [0.15, 0.2) is 0 Å². The topological polar surface area (TPSA) is 85.1 Å². The Kier molecular flexibility index (Phi) is 3.95. The number of amides is 1. The highest BCUT2D eigenvalue weighted by atomic mass is 35.5. The number of benzene rings is 1. The van der Waals surface area contributed by atoms with Crippen molar-refractivity contribution in [1.29, 1.82) is 0 Å². The molecule has 1 aromatic heterocycles. The van der Waals surface area contributed by atoms with E-state index in [4.69, 9.17) is 11.6 Å². The van der Waals surface area contributed by atoms with E-state index in [1.54, 1.807) is 13.0 Å². The predicted molar refractivity (Wildman–Crippen MR) is 75.0 cm³/mol. The summed E-state index contributed by atoms with van der Waals surface area (Å²) in [5.74, 6) is -0.556. The van der Waals surface area contributed by atoms with Gasteiger partial charge in [-0.25, -0.2) is 0 Å². The number of nitrogens with zero attached hydrogens (tertiary/aromatic N) is 2. The number of nitro groups is 1. The molecule has 102 valence electrons. The van der Waals surface area contributed by atoms with E-state index in [1.807, 2.05) is 0 Å². The molecule has 0 saturated heterocycles. The summed E-state index contributed by atoms with van der Waals surface area (Å²) in [5.41, 5.74) is 0.774. The van der Waals surface area contributed by atoms with Crippen molar-refractivity contribution in [3.8, 4) is 0 Å². The molecular formula is C13H10ClN3O3. The van der Waals surface area contributed by atoms with Gasteiger partial charge in [-0.05, 0) is 30.7 Å². The maximum atomic E-state index is 12.0. The van der Waals surface area contributed by atoms with E-state index < -0.39 is 10.8 Å². The van der Waals surface area contributed by atoms with Crippen LogP contribution in [0.1, 0.15) is 16.1 Å². The van der Waals surface area contributed by atoms with E-state index in [-0.39, 0.29) is 17.1 Å². The lowest BCUT2D eigenvalue weighted by Crippen LogP contribution is -2.14. The lowest BCUT2D eigenvalue weighted by atomic mass is 10.2. The molecule has 0 fully saturated rings. The van der Waals surface area contributed by atoms with Crippen LogP contribution in [0.3, 0.4) is 0 Å². The Morgan fingerprint density at radius 3 is 2.75 bits per heavy atom. The summed E-state index contributed by atoms with van der Waals surface area (Å²) in [7, 11) is 0. The maximum absolute atomic E-state index is 12.0. The number of nitrogens with one attached hydrogen (secondary N) is 1. The third kappa shape index (κ3) is 3.10. The first-order valence-corrected chi connectivity index (χ1v) is 6.03. The first kappa shape index (κ1) is 14.0. The van der Waals surface area contributed by atoms with E-state index in [2.05, 4.69) is 10.3 Å². The van der Waals surface area contributed by atoms with Gasteiger partial charge in [-0.2, -0.15) is 0 Å². The molecule has 0 spiro atoms. The fourth-order valence-corrected chi connectivity index (χ4v) is 1.77. The lowest BCUT2D eigenvalue weighted by Gasteiger charge is -2.06. The van der Waals surface area contributed by atoms with Crippen molar-refractivity contribution in [1.82, 2.24) is 4.98 Å². The zero-order valence-corrected chi connectivity index (χ0v) is 11.2. The molecule has 1 heterocycles. The highest BCUT2D eigenvalue weighted by molar-refractivity contribution is 6.31. The van der Waals surface area contributed by atoms with Crippen molar-refractivity contribution in [2.24, 2.45) is 0 Å². The van der Waals surface area contributed by atoms with Gasteiger partial charge >= 0.3 is 0 Å². The molecule has 20 heavy (non-hydrogen) atoms. The molecule has 2 aromatic rings. The monoisotopic (exact) mass is 291 g/mol. The Bertz CT molecular complexity index is 688. The summed E-state index contributed by atoms with van der Waals surface area (Å²) in [6.07, 6.45) is 1.39. The molecule has 0 bridgehead atoms. The van der Waals surface area contributed by atoms with Gasteiger partial charge in [0.1, 0.15) is 11.4 Å². The van der Waals surface area contributed by atoms with Gasteiger partial charge in [0.2, 0.25) is 0 Å². The Morgan fingerprint density at radius 2 is 2.10 bits per heavy atom. The Hall–Kier alpha value is -2.47. The number of halogens is 1. The fourth-order valence-electron chi connectivity index (χ4n) is 1.61. The normalized spacial score (nSPS) is 10.1. The smallest absolute Gasteiger partial charge is 0.293 e. The number of carbonyl (C=O) groups excluding carboxylic acids is 1. The minimum atomic E-state index is -0.556. The summed E-state index contributed by atoms with van der Waals surface area (Å²) in [4.78, 5) is 26.2. The molecule has 1 N–H and O–H groups in total. The summed E-state index contributed by atoms with van der Waals surface area (Å²) in [6.45, 7) is 1.73. The number of aromatic nitrogens is 1. The predicted octanol–water partition coefficient (Wildman–Crippen LogP) is 3.20. The Labute approximate surface area is 119 Å². The third-order valence-electron chi connectivity index (χ3n) is 2.55. The van der Waals surface area contributed by atoms with Gasteiger partial charge in [-0.1, -0.05) is 17.7 Å². The van der Waals surface area contributed by atoms with Crippen LogP contribution in [-0.2, 0) is 0 Å². The Morgan fingerprint density at radius 1 is 1.35 bits per heavy atom. The maximum Gasteiger partial charge on any atom is 0.293 e. The van der Waals surface area contributed by atoms with Crippen molar-refractivity contribution >= 4 is 28.9 Å². The van der Waals surface area contributed by atoms with Gasteiger partial charge in [0.25, 0.3) is 11.6 Å². The fraction of sp³-hybridized carbons (Fsp3) is 0.0769. The molecular weight excluding hydrogens is 282 g/mol. The molecule has 0 aliphatic carbocycles. The largest absolute Gasteiger partial charge is 0.315 e. The number of rotatable bonds is 3. The van der Waals surface area contributed by atoms with Gasteiger partial charge in [0.05, 0.1) is 4.92 Å². The molecule has 6 nitrogen and oxygen atoms in total. The second-order valence-electron chi connectivity index (χ2n) is 4.09. The van der Waals surface area contributed by atoms with Crippen molar-refractivity contribution in [3.63, 3.8) is 0 Å². The molecule has 0 aliphatic rings. The first-order chi connectivity index (χ1) is 9.47. The summed E-state index contributed by atoms with van der Waals surface area (Å²) >= 11 is 5.77. The highest BCUT2D eigenvalue weighted by Crippen LogP contribution is 2.25. The van der Waals surface area contributed by atoms with Crippen molar-refractivity contribution < 1.29 is 9.72 Å². The Balaban J connectivity index is 2.30. The number of anilines is 1. The lowest BCUT2D eigenvalue weighted by molar-refractivity contribution is -0.384. The molecule has 0 aliphatic heterocycles. The van der Waals surface area contributed by atoms with Crippen LogP contribution >= 0.6 is 11.6 Å². The highest BCUT2D eigenvalue weighted by Gasteiger charge is 2.17. The molecule has 1 amide bonds. The number of nitro benzene ring substituents is 1. The van der Waals surface area contributed by atoms with Crippen molar-refractivity contribution in [2.75, 3.05) is 5.32 Å². The summed E-state index contributed by atoms with van der Waals surface area (Å²) in [5, 5.41) is 13.8. The number of hydrogen-bond donors (Lipinski definition) is 1. The second kappa shape index (κ2) is 5.66. The van der Waals surface area contributed by atoms with Crippen LogP contribution in [0, 0.1) is 17.0 Å². The summed E-state index contributed by atoms with van der Waals surface area (Å²) < 4.78 is 0. The van der Waals surface area contributed by atoms with Crippen LogP contribution in [0.15, 0.2) is 36.5 Å². The van der Waals surface area contributed by atoms with E-state index in [0.29, 0.717) is 5.02 Å². The van der Waals surface area contributed by atoms with Gasteiger partial charge in [-0.3, -0.25) is 19.9 Å². The molecule has 0 unspecified atom stereocenters. The zero-order valence-electron chi connectivity index (χ0n) is 10.5. The molecule has 1 aromatic carbocycles. The molecule has 0 radical (unpaired) electrons. The van der Waals surface area contributed by atoms with Crippen LogP contribution < -0.4 is 5.32 Å². The van der Waals surface area contributed by atoms with E-state index >= 15 is 0 Å². The average molecular weight is 292 g/mol. The SMILES string of the molecule is Cc1ccc(NC(=O)c2cc(Cl)ccn2)c([N+](=O)[O-])c1. The zero-order chi connectivity index (χ0) is 14.7. The molecule has 2 rings (SSSR count). The first-order valence-electron chi connectivity index (χ1n) is 5.65. The van der Waals surface area contributed by atoms with E-state index in [0.717, 1.165) is 5.56 Å². The second-order valence-corrected chi connectivity index (χ2v) is 4.53. The van der Waals surface area contributed by atoms with Crippen molar-refractivity contribution in [2.45, 2.75) is 6.92 Å².